The minimum Gasteiger partial charge on any atom is -0.352 e. The number of alkyl halides is 1. The van der Waals surface area contributed by atoms with Crippen LogP contribution in [-0.4, -0.2) is 23.2 Å². The number of rotatable bonds is 5. The van der Waals surface area contributed by atoms with Gasteiger partial charge in [-0.15, -0.1) is 0 Å². The summed E-state index contributed by atoms with van der Waals surface area (Å²) in [5, 5.41) is 5.62. The lowest BCUT2D eigenvalue weighted by molar-refractivity contribution is -0.116. The summed E-state index contributed by atoms with van der Waals surface area (Å²) in [6, 6.07) is 5.25. The molecule has 1 atom stereocenters. The predicted octanol–water partition coefficient (Wildman–Crippen LogP) is 3.10. The van der Waals surface area contributed by atoms with Gasteiger partial charge >= 0.3 is 0 Å². The molecule has 0 saturated heterocycles. The van der Waals surface area contributed by atoms with Crippen molar-refractivity contribution in [1.82, 2.24) is 5.32 Å². The summed E-state index contributed by atoms with van der Waals surface area (Å²) in [6.07, 6.45) is 0. The second-order valence-electron chi connectivity index (χ2n) is 5.02. The van der Waals surface area contributed by atoms with E-state index in [4.69, 9.17) is 0 Å². The fourth-order valence-electron chi connectivity index (χ4n) is 1.71. The molecule has 0 spiro atoms. The van der Waals surface area contributed by atoms with Gasteiger partial charge in [-0.05, 0) is 43.5 Å². The third kappa shape index (κ3) is 4.34. The SMILES string of the molecule is CCNC(=O)c1ccc(NC(=O)C(Br)C(C)C)c(C)c1. The van der Waals surface area contributed by atoms with Gasteiger partial charge in [-0.2, -0.15) is 0 Å². The minimum atomic E-state index is -0.232. The fourth-order valence-corrected chi connectivity index (χ4v) is 1.83. The lowest BCUT2D eigenvalue weighted by Crippen LogP contribution is -2.27. The van der Waals surface area contributed by atoms with Gasteiger partial charge in [0.1, 0.15) is 0 Å². The van der Waals surface area contributed by atoms with Crippen molar-refractivity contribution < 1.29 is 9.59 Å². The molecular weight excluding hydrogens is 320 g/mol. The van der Waals surface area contributed by atoms with Crippen LogP contribution in [0.1, 0.15) is 36.7 Å². The van der Waals surface area contributed by atoms with Gasteiger partial charge in [0.2, 0.25) is 5.91 Å². The highest BCUT2D eigenvalue weighted by molar-refractivity contribution is 9.10. The van der Waals surface area contributed by atoms with E-state index < -0.39 is 0 Å². The topological polar surface area (TPSA) is 58.2 Å². The lowest BCUT2D eigenvalue weighted by atomic mass is 10.1. The zero-order chi connectivity index (χ0) is 15.3. The van der Waals surface area contributed by atoms with Gasteiger partial charge in [0.05, 0.1) is 4.83 Å². The van der Waals surface area contributed by atoms with Crippen molar-refractivity contribution in [3.05, 3.63) is 29.3 Å². The summed E-state index contributed by atoms with van der Waals surface area (Å²) in [5.74, 6) is 0.0350. The highest BCUT2D eigenvalue weighted by Gasteiger charge is 2.19. The van der Waals surface area contributed by atoms with E-state index >= 15 is 0 Å². The number of carbonyl (C=O) groups excluding carboxylic acids is 2. The van der Waals surface area contributed by atoms with E-state index in [1.54, 1.807) is 18.2 Å². The third-order valence-corrected chi connectivity index (χ3v) is 4.39. The maximum atomic E-state index is 12.0. The number of carbonyl (C=O) groups is 2. The van der Waals surface area contributed by atoms with Crippen LogP contribution in [0.2, 0.25) is 0 Å². The molecule has 1 aromatic carbocycles. The van der Waals surface area contributed by atoms with Gasteiger partial charge in [-0.1, -0.05) is 29.8 Å². The Morgan fingerprint density at radius 1 is 1.30 bits per heavy atom. The number of aryl methyl sites for hydroxylation is 1. The lowest BCUT2D eigenvalue weighted by Gasteiger charge is -2.15. The average Bonchev–Trinajstić information content (AvgIpc) is 2.40. The Balaban J connectivity index is 2.84. The van der Waals surface area contributed by atoms with Crippen molar-refractivity contribution in [3.63, 3.8) is 0 Å². The Bertz CT molecular complexity index is 501. The van der Waals surface area contributed by atoms with Gasteiger partial charge in [-0.3, -0.25) is 9.59 Å². The van der Waals surface area contributed by atoms with Gasteiger partial charge < -0.3 is 10.6 Å². The number of halogens is 1. The van der Waals surface area contributed by atoms with Gasteiger partial charge in [-0.25, -0.2) is 0 Å². The van der Waals surface area contributed by atoms with Crippen molar-refractivity contribution in [3.8, 4) is 0 Å². The van der Waals surface area contributed by atoms with Crippen LogP contribution in [0.3, 0.4) is 0 Å². The molecule has 0 radical (unpaired) electrons. The first-order valence-electron chi connectivity index (χ1n) is 6.70. The molecule has 0 aliphatic heterocycles. The molecular formula is C15H21BrN2O2. The zero-order valence-electron chi connectivity index (χ0n) is 12.3. The second kappa shape index (κ2) is 7.43. The second-order valence-corrected chi connectivity index (χ2v) is 6.01. The van der Waals surface area contributed by atoms with Crippen LogP contribution >= 0.6 is 15.9 Å². The minimum absolute atomic E-state index is 0.0751. The van der Waals surface area contributed by atoms with Crippen LogP contribution in [0.15, 0.2) is 18.2 Å². The maximum Gasteiger partial charge on any atom is 0.251 e. The normalized spacial score (nSPS) is 12.1. The van der Waals surface area contributed by atoms with E-state index in [1.807, 2.05) is 27.7 Å². The van der Waals surface area contributed by atoms with E-state index in [1.165, 1.54) is 0 Å². The Labute approximate surface area is 128 Å². The van der Waals surface area contributed by atoms with Gasteiger partial charge in [0.15, 0.2) is 0 Å². The van der Waals surface area contributed by atoms with Crippen LogP contribution < -0.4 is 10.6 Å². The number of nitrogens with one attached hydrogen (secondary N) is 2. The van der Waals surface area contributed by atoms with Crippen LogP contribution in [0.25, 0.3) is 0 Å². The van der Waals surface area contributed by atoms with Crippen LogP contribution in [0.5, 0.6) is 0 Å². The molecule has 0 bridgehead atoms. The number of amides is 2. The molecule has 2 N–H and O–H groups in total. The van der Waals surface area contributed by atoms with Crippen LogP contribution in [0.4, 0.5) is 5.69 Å². The van der Waals surface area contributed by atoms with Gasteiger partial charge in [0, 0.05) is 17.8 Å². The molecule has 0 heterocycles. The molecule has 0 aromatic heterocycles. The number of benzene rings is 1. The van der Waals surface area contributed by atoms with E-state index in [-0.39, 0.29) is 22.6 Å². The first-order valence-corrected chi connectivity index (χ1v) is 7.62. The first kappa shape index (κ1) is 16.7. The van der Waals surface area contributed by atoms with Crippen LogP contribution in [-0.2, 0) is 4.79 Å². The molecule has 1 rings (SSSR count). The fraction of sp³-hybridized carbons (Fsp3) is 0.467. The molecule has 1 unspecified atom stereocenters. The van der Waals surface area contributed by atoms with E-state index in [0.29, 0.717) is 12.1 Å². The van der Waals surface area contributed by atoms with E-state index in [9.17, 15) is 9.59 Å². The molecule has 0 aliphatic rings. The van der Waals surface area contributed by atoms with Crippen molar-refractivity contribution in [2.75, 3.05) is 11.9 Å². The van der Waals surface area contributed by atoms with Crippen molar-refractivity contribution in [2.24, 2.45) is 5.92 Å². The van der Waals surface area contributed by atoms with Gasteiger partial charge in [0.25, 0.3) is 5.91 Å². The molecule has 110 valence electrons. The summed E-state index contributed by atoms with van der Waals surface area (Å²) in [4.78, 5) is 23.5. The molecule has 0 fully saturated rings. The average molecular weight is 341 g/mol. The molecule has 1 aromatic rings. The molecule has 4 nitrogen and oxygen atoms in total. The number of hydrogen-bond acceptors (Lipinski definition) is 2. The quantitative estimate of drug-likeness (QED) is 0.809. The standard InChI is InChI=1S/C15H21BrN2O2/c1-5-17-14(19)11-6-7-12(10(4)8-11)18-15(20)13(16)9(2)3/h6-9,13H,5H2,1-4H3,(H,17,19)(H,18,20). The first-order chi connectivity index (χ1) is 9.36. The number of anilines is 1. The summed E-state index contributed by atoms with van der Waals surface area (Å²) in [5.41, 5.74) is 2.19. The Morgan fingerprint density at radius 3 is 2.45 bits per heavy atom. The summed E-state index contributed by atoms with van der Waals surface area (Å²) < 4.78 is 0. The Morgan fingerprint density at radius 2 is 1.95 bits per heavy atom. The highest BCUT2D eigenvalue weighted by Crippen LogP contribution is 2.19. The van der Waals surface area contributed by atoms with E-state index in [0.717, 1.165) is 11.3 Å². The highest BCUT2D eigenvalue weighted by atomic mass is 79.9. The Hall–Kier alpha value is -1.36. The zero-order valence-corrected chi connectivity index (χ0v) is 13.9. The molecule has 2 amide bonds. The smallest absolute Gasteiger partial charge is 0.251 e. The van der Waals surface area contributed by atoms with Crippen molar-refractivity contribution in [1.29, 1.82) is 0 Å². The largest absolute Gasteiger partial charge is 0.352 e. The van der Waals surface area contributed by atoms with Crippen molar-refractivity contribution >= 4 is 33.4 Å². The Kier molecular flexibility index (Phi) is 6.20. The van der Waals surface area contributed by atoms with Crippen LogP contribution in [0, 0.1) is 12.8 Å². The molecule has 0 saturated carbocycles. The van der Waals surface area contributed by atoms with Crippen molar-refractivity contribution in [2.45, 2.75) is 32.5 Å². The molecule has 0 aliphatic carbocycles. The molecule has 20 heavy (non-hydrogen) atoms. The number of hydrogen-bond donors (Lipinski definition) is 2. The predicted molar refractivity (Wildman–Crippen MR) is 85.4 cm³/mol. The third-order valence-electron chi connectivity index (χ3n) is 2.92. The monoisotopic (exact) mass is 340 g/mol. The summed E-state index contributed by atoms with van der Waals surface area (Å²) >= 11 is 3.37. The molecule has 5 heteroatoms. The maximum absolute atomic E-state index is 12.0. The van der Waals surface area contributed by atoms with E-state index in [2.05, 4.69) is 26.6 Å². The summed E-state index contributed by atoms with van der Waals surface area (Å²) in [6.45, 7) is 8.29. The summed E-state index contributed by atoms with van der Waals surface area (Å²) in [7, 11) is 0.